The van der Waals surface area contributed by atoms with E-state index in [0.29, 0.717) is 16.1 Å². The lowest BCUT2D eigenvalue weighted by molar-refractivity contribution is 0.524. The van der Waals surface area contributed by atoms with Crippen LogP contribution in [0.1, 0.15) is 37.4 Å². The number of hydrogen-bond donors (Lipinski definition) is 1. The average Bonchev–Trinajstić information content (AvgIpc) is 2.97. The Labute approximate surface area is 128 Å². The summed E-state index contributed by atoms with van der Waals surface area (Å²) < 4.78 is 2.25. The van der Waals surface area contributed by atoms with Crippen LogP contribution in [0.3, 0.4) is 0 Å². The van der Waals surface area contributed by atoms with Crippen molar-refractivity contribution < 1.29 is 0 Å². The quantitative estimate of drug-likeness (QED) is 0.827. The van der Waals surface area contributed by atoms with Crippen LogP contribution < -0.4 is 5.32 Å². The molecule has 0 unspecified atom stereocenters. The highest BCUT2D eigenvalue weighted by molar-refractivity contribution is 6.35. The molecule has 0 amide bonds. The maximum atomic E-state index is 6.04. The van der Waals surface area contributed by atoms with Crippen LogP contribution in [0.2, 0.25) is 10.0 Å². The Balaban J connectivity index is 1.89. The normalized spacial score (nSPS) is 15.8. The summed E-state index contributed by atoms with van der Waals surface area (Å²) in [6, 6.07) is 5.99. The van der Waals surface area contributed by atoms with Crippen molar-refractivity contribution in [3.63, 3.8) is 0 Å². The Morgan fingerprint density at radius 2 is 1.80 bits per heavy atom. The van der Waals surface area contributed by atoms with Crippen molar-refractivity contribution >= 4 is 34.8 Å². The SMILES string of the molecule is Cc1cn(C2CCCC2)c(Nc2cc(Cl)cc(Cl)c2)n1. The predicted molar refractivity (Wildman–Crippen MR) is 84.2 cm³/mol. The summed E-state index contributed by atoms with van der Waals surface area (Å²) in [5.41, 5.74) is 1.89. The van der Waals surface area contributed by atoms with Crippen molar-refractivity contribution in [3.8, 4) is 0 Å². The second-order valence-electron chi connectivity index (χ2n) is 5.33. The number of imidazole rings is 1. The van der Waals surface area contributed by atoms with Gasteiger partial charge in [0.2, 0.25) is 5.95 Å². The summed E-state index contributed by atoms with van der Waals surface area (Å²) in [5.74, 6) is 0.868. The van der Waals surface area contributed by atoms with Gasteiger partial charge in [-0.15, -0.1) is 0 Å². The van der Waals surface area contributed by atoms with E-state index in [1.54, 1.807) is 6.07 Å². The summed E-state index contributed by atoms with van der Waals surface area (Å²) >= 11 is 12.1. The number of anilines is 2. The number of halogens is 2. The van der Waals surface area contributed by atoms with Gasteiger partial charge in [0, 0.05) is 28.0 Å². The summed E-state index contributed by atoms with van der Waals surface area (Å²) in [5, 5.41) is 4.58. The lowest BCUT2D eigenvalue weighted by atomic mass is 10.2. The molecular weight excluding hydrogens is 293 g/mol. The van der Waals surface area contributed by atoms with Crippen molar-refractivity contribution in [3.05, 3.63) is 40.1 Å². The first-order valence-corrected chi connectivity index (χ1v) is 7.66. The fraction of sp³-hybridized carbons (Fsp3) is 0.400. The fourth-order valence-electron chi connectivity index (χ4n) is 2.82. The summed E-state index contributed by atoms with van der Waals surface area (Å²) in [6.07, 6.45) is 7.15. The van der Waals surface area contributed by atoms with Gasteiger partial charge in [-0.1, -0.05) is 36.0 Å². The minimum atomic E-state index is 0.549. The van der Waals surface area contributed by atoms with E-state index < -0.39 is 0 Å². The standard InChI is InChI=1S/C15H17Cl2N3/c1-10-9-20(14-4-2-3-5-14)15(18-10)19-13-7-11(16)6-12(17)8-13/h6-9,14H,2-5H2,1H3,(H,18,19). The largest absolute Gasteiger partial charge is 0.325 e. The van der Waals surface area contributed by atoms with Crippen molar-refractivity contribution in [2.45, 2.75) is 38.6 Å². The summed E-state index contributed by atoms with van der Waals surface area (Å²) in [4.78, 5) is 4.58. The van der Waals surface area contributed by atoms with Gasteiger partial charge < -0.3 is 9.88 Å². The molecule has 3 nitrogen and oxygen atoms in total. The first-order valence-electron chi connectivity index (χ1n) is 6.90. The Morgan fingerprint density at radius 3 is 2.45 bits per heavy atom. The topological polar surface area (TPSA) is 29.9 Å². The fourth-order valence-corrected chi connectivity index (χ4v) is 3.35. The molecule has 0 radical (unpaired) electrons. The predicted octanol–water partition coefficient (Wildman–Crippen LogP) is 5.36. The van der Waals surface area contributed by atoms with Crippen LogP contribution in [0.15, 0.2) is 24.4 Å². The van der Waals surface area contributed by atoms with Crippen molar-refractivity contribution in [1.82, 2.24) is 9.55 Å². The molecule has 106 valence electrons. The van der Waals surface area contributed by atoms with E-state index >= 15 is 0 Å². The number of rotatable bonds is 3. The molecule has 0 spiro atoms. The van der Waals surface area contributed by atoms with Crippen LogP contribution >= 0.6 is 23.2 Å². The van der Waals surface area contributed by atoms with Gasteiger partial charge in [-0.3, -0.25) is 0 Å². The van der Waals surface area contributed by atoms with Gasteiger partial charge in [-0.05, 0) is 38.0 Å². The molecule has 1 heterocycles. The smallest absolute Gasteiger partial charge is 0.207 e. The summed E-state index contributed by atoms with van der Waals surface area (Å²) in [7, 11) is 0. The molecule has 0 bridgehead atoms. The molecule has 1 aliphatic carbocycles. The maximum absolute atomic E-state index is 6.04. The van der Waals surface area contributed by atoms with Crippen LogP contribution in [-0.4, -0.2) is 9.55 Å². The minimum absolute atomic E-state index is 0.549. The van der Waals surface area contributed by atoms with E-state index in [9.17, 15) is 0 Å². The Kier molecular flexibility index (Phi) is 3.90. The highest BCUT2D eigenvalue weighted by Gasteiger charge is 2.20. The molecule has 3 rings (SSSR count). The molecular formula is C15H17Cl2N3. The van der Waals surface area contributed by atoms with Crippen LogP contribution in [-0.2, 0) is 0 Å². The number of nitrogens with one attached hydrogen (secondary N) is 1. The molecule has 1 aliphatic rings. The van der Waals surface area contributed by atoms with Crippen LogP contribution in [0.5, 0.6) is 0 Å². The first-order chi connectivity index (χ1) is 9.61. The first kappa shape index (κ1) is 13.8. The number of hydrogen-bond acceptors (Lipinski definition) is 2. The second kappa shape index (κ2) is 5.66. The molecule has 0 saturated heterocycles. The maximum Gasteiger partial charge on any atom is 0.207 e. The van der Waals surface area contributed by atoms with Crippen LogP contribution in [0, 0.1) is 6.92 Å². The van der Waals surface area contributed by atoms with Gasteiger partial charge >= 0.3 is 0 Å². The average molecular weight is 310 g/mol. The molecule has 0 atom stereocenters. The van der Waals surface area contributed by atoms with Gasteiger partial charge in [0.1, 0.15) is 0 Å². The molecule has 1 saturated carbocycles. The number of benzene rings is 1. The number of aryl methyl sites for hydroxylation is 1. The van der Waals surface area contributed by atoms with Gasteiger partial charge in [0.25, 0.3) is 0 Å². The molecule has 1 N–H and O–H groups in total. The van der Waals surface area contributed by atoms with Gasteiger partial charge in [-0.2, -0.15) is 0 Å². The third kappa shape index (κ3) is 2.94. The number of nitrogens with zero attached hydrogens (tertiary/aromatic N) is 2. The zero-order chi connectivity index (χ0) is 14.1. The van der Waals surface area contributed by atoms with Crippen molar-refractivity contribution in [2.75, 3.05) is 5.32 Å². The lowest BCUT2D eigenvalue weighted by Crippen LogP contribution is -2.07. The molecule has 1 fully saturated rings. The van der Waals surface area contributed by atoms with E-state index in [-0.39, 0.29) is 0 Å². The van der Waals surface area contributed by atoms with Crippen molar-refractivity contribution in [1.29, 1.82) is 0 Å². The van der Waals surface area contributed by atoms with Crippen molar-refractivity contribution in [2.24, 2.45) is 0 Å². The third-order valence-electron chi connectivity index (χ3n) is 3.69. The zero-order valence-corrected chi connectivity index (χ0v) is 12.9. The van der Waals surface area contributed by atoms with E-state index in [0.717, 1.165) is 17.3 Å². The highest BCUT2D eigenvalue weighted by atomic mass is 35.5. The summed E-state index contributed by atoms with van der Waals surface area (Å²) in [6.45, 7) is 2.02. The van der Waals surface area contributed by atoms with Crippen LogP contribution in [0.25, 0.3) is 0 Å². The Hall–Kier alpha value is -1.19. The minimum Gasteiger partial charge on any atom is -0.325 e. The van der Waals surface area contributed by atoms with E-state index in [2.05, 4.69) is 21.1 Å². The van der Waals surface area contributed by atoms with E-state index in [1.807, 2.05) is 19.1 Å². The Bertz CT molecular complexity index is 595. The zero-order valence-electron chi connectivity index (χ0n) is 11.4. The van der Waals surface area contributed by atoms with Gasteiger partial charge in [-0.25, -0.2) is 4.98 Å². The van der Waals surface area contributed by atoms with E-state index in [4.69, 9.17) is 23.2 Å². The molecule has 20 heavy (non-hydrogen) atoms. The van der Waals surface area contributed by atoms with Gasteiger partial charge in [0.05, 0.1) is 5.69 Å². The Morgan fingerprint density at radius 1 is 1.15 bits per heavy atom. The van der Waals surface area contributed by atoms with Gasteiger partial charge in [0.15, 0.2) is 0 Å². The lowest BCUT2D eigenvalue weighted by Gasteiger charge is -2.15. The molecule has 2 aromatic rings. The molecule has 0 aliphatic heterocycles. The second-order valence-corrected chi connectivity index (χ2v) is 6.21. The third-order valence-corrected chi connectivity index (χ3v) is 4.13. The molecule has 1 aromatic carbocycles. The van der Waals surface area contributed by atoms with E-state index in [1.165, 1.54) is 25.7 Å². The highest BCUT2D eigenvalue weighted by Crippen LogP contribution is 2.33. The monoisotopic (exact) mass is 309 g/mol. The number of aromatic nitrogens is 2. The molecule has 5 heteroatoms. The molecule has 1 aromatic heterocycles. The van der Waals surface area contributed by atoms with Crippen LogP contribution in [0.4, 0.5) is 11.6 Å².